The number of rotatable bonds is 2. The molecule has 1 saturated heterocycles. The Labute approximate surface area is 86.1 Å². The summed E-state index contributed by atoms with van der Waals surface area (Å²) in [6.45, 7) is 1.14. The third kappa shape index (κ3) is 2.23. The lowest BCUT2D eigenvalue weighted by Gasteiger charge is -2.09. The first-order valence-corrected chi connectivity index (χ1v) is 5.45. The van der Waals surface area contributed by atoms with Gasteiger partial charge in [0.25, 0.3) is 0 Å². The van der Waals surface area contributed by atoms with Crippen LogP contribution in [0, 0.1) is 5.92 Å². The van der Waals surface area contributed by atoms with Gasteiger partial charge in [-0.15, -0.1) is 11.3 Å². The van der Waals surface area contributed by atoms with Crippen LogP contribution in [0.1, 0.15) is 4.88 Å². The van der Waals surface area contributed by atoms with Gasteiger partial charge in [0, 0.05) is 10.8 Å². The summed E-state index contributed by atoms with van der Waals surface area (Å²) < 4.78 is 5.98. The minimum atomic E-state index is -0.305. The first-order chi connectivity index (χ1) is 6.25. The van der Waals surface area contributed by atoms with E-state index in [1.807, 2.05) is 12.1 Å². The van der Waals surface area contributed by atoms with E-state index < -0.39 is 0 Å². The van der Waals surface area contributed by atoms with E-state index in [4.69, 9.17) is 16.3 Å². The SMILES string of the molecule is O[C@@H]1COC[C@H]1Cc1ccc(Cl)s1. The van der Waals surface area contributed by atoms with E-state index in [2.05, 4.69) is 0 Å². The summed E-state index contributed by atoms with van der Waals surface area (Å²) in [6.07, 6.45) is 0.569. The lowest BCUT2D eigenvalue weighted by molar-refractivity contribution is 0.118. The molecule has 1 N–H and O–H groups in total. The average molecular weight is 219 g/mol. The van der Waals surface area contributed by atoms with Crippen molar-refractivity contribution in [1.29, 1.82) is 0 Å². The quantitative estimate of drug-likeness (QED) is 0.823. The second kappa shape index (κ2) is 3.96. The first-order valence-electron chi connectivity index (χ1n) is 4.26. The van der Waals surface area contributed by atoms with Gasteiger partial charge in [0.1, 0.15) is 0 Å². The Balaban J connectivity index is 1.97. The van der Waals surface area contributed by atoms with Crippen molar-refractivity contribution in [3.05, 3.63) is 21.3 Å². The van der Waals surface area contributed by atoms with E-state index in [1.54, 1.807) is 11.3 Å². The summed E-state index contributed by atoms with van der Waals surface area (Å²) in [5, 5.41) is 9.50. The molecule has 0 amide bonds. The second-order valence-corrected chi connectivity index (χ2v) is 5.07. The molecule has 0 spiro atoms. The normalized spacial score (nSPS) is 28.2. The molecule has 0 unspecified atom stereocenters. The Hall–Kier alpha value is -0.0900. The second-order valence-electron chi connectivity index (χ2n) is 3.27. The van der Waals surface area contributed by atoms with Crippen LogP contribution in [-0.4, -0.2) is 24.4 Å². The molecule has 2 heterocycles. The predicted molar refractivity (Wildman–Crippen MR) is 53.3 cm³/mol. The molecule has 13 heavy (non-hydrogen) atoms. The number of thiophene rings is 1. The Kier molecular flexibility index (Phi) is 2.89. The summed E-state index contributed by atoms with van der Waals surface area (Å²) in [5.74, 6) is 0.245. The van der Waals surface area contributed by atoms with Crippen LogP contribution >= 0.6 is 22.9 Å². The molecule has 0 aromatic carbocycles. The molecule has 2 nitrogen and oxygen atoms in total. The van der Waals surface area contributed by atoms with Crippen LogP contribution in [0.25, 0.3) is 0 Å². The Morgan fingerprint density at radius 2 is 2.38 bits per heavy atom. The minimum absolute atomic E-state index is 0.245. The van der Waals surface area contributed by atoms with Gasteiger partial charge in [0.15, 0.2) is 0 Å². The van der Waals surface area contributed by atoms with Crippen LogP contribution in [0.2, 0.25) is 4.34 Å². The number of hydrogen-bond donors (Lipinski definition) is 1. The standard InChI is InChI=1S/C9H11ClO2S/c10-9-2-1-7(13-9)3-6-4-12-5-8(6)11/h1-2,6,8,11H,3-5H2/t6-,8-/m1/s1. The highest BCUT2D eigenvalue weighted by Crippen LogP contribution is 2.26. The molecule has 0 saturated carbocycles. The van der Waals surface area contributed by atoms with Crippen LogP contribution in [-0.2, 0) is 11.2 Å². The average Bonchev–Trinajstić information content (AvgIpc) is 2.64. The van der Waals surface area contributed by atoms with E-state index in [0.29, 0.717) is 13.2 Å². The van der Waals surface area contributed by atoms with Crippen LogP contribution in [0.5, 0.6) is 0 Å². The Morgan fingerprint density at radius 3 is 2.92 bits per heavy atom. The van der Waals surface area contributed by atoms with E-state index in [0.717, 1.165) is 10.8 Å². The van der Waals surface area contributed by atoms with Gasteiger partial charge < -0.3 is 9.84 Å². The van der Waals surface area contributed by atoms with Crippen LogP contribution in [0.15, 0.2) is 12.1 Å². The van der Waals surface area contributed by atoms with Gasteiger partial charge >= 0.3 is 0 Å². The molecule has 0 radical (unpaired) electrons. The molecule has 1 fully saturated rings. The van der Waals surface area contributed by atoms with E-state index in [-0.39, 0.29) is 12.0 Å². The molecular weight excluding hydrogens is 208 g/mol. The van der Waals surface area contributed by atoms with Crippen LogP contribution in [0.3, 0.4) is 0 Å². The van der Waals surface area contributed by atoms with Crippen molar-refractivity contribution in [1.82, 2.24) is 0 Å². The van der Waals surface area contributed by atoms with Gasteiger partial charge in [-0.05, 0) is 18.6 Å². The number of ether oxygens (including phenoxy) is 1. The van der Waals surface area contributed by atoms with Crippen molar-refractivity contribution in [2.75, 3.05) is 13.2 Å². The maximum Gasteiger partial charge on any atom is 0.0931 e. The molecule has 4 heteroatoms. The number of halogens is 1. The highest BCUT2D eigenvalue weighted by Gasteiger charge is 2.26. The number of hydrogen-bond acceptors (Lipinski definition) is 3. The molecule has 0 aliphatic carbocycles. The fourth-order valence-corrected chi connectivity index (χ4v) is 2.68. The van der Waals surface area contributed by atoms with Crippen LogP contribution in [0.4, 0.5) is 0 Å². The fraction of sp³-hybridized carbons (Fsp3) is 0.556. The van der Waals surface area contributed by atoms with Crippen LogP contribution < -0.4 is 0 Å². The van der Waals surface area contributed by atoms with E-state index in [1.165, 1.54) is 4.88 Å². The third-order valence-electron chi connectivity index (χ3n) is 2.26. The predicted octanol–water partition coefficient (Wildman–Crippen LogP) is 1.95. The highest BCUT2D eigenvalue weighted by molar-refractivity contribution is 7.16. The maximum absolute atomic E-state index is 9.50. The summed E-state index contributed by atoms with van der Waals surface area (Å²) in [6, 6.07) is 3.90. The fourth-order valence-electron chi connectivity index (χ4n) is 1.50. The number of aliphatic hydroxyl groups excluding tert-OH is 1. The molecule has 1 aromatic heterocycles. The van der Waals surface area contributed by atoms with Crippen molar-refractivity contribution in [2.24, 2.45) is 5.92 Å². The topological polar surface area (TPSA) is 29.5 Å². The van der Waals surface area contributed by atoms with Gasteiger partial charge in [-0.25, -0.2) is 0 Å². The maximum atomic E-state index is 9.50. The minimum Gasteiger partial charge on any atom is -0.390 e. The lowest BCUT2D eigenvalue weighted by Crippen LogP contribution is -2.19. The van der Waals surface area contributed by atoms with Gasteiger partial charge in [0.05, 0.1) is 23.7 Å². The van der Waals surface area contributed by atoms with Gasteiger partial charge in [-0.3, -0.25) is 0 Å². The monoisotopic (exact) mass is 218 g/mol. The smallest absolute Gasteiger partial charge is 0.0931 e. The summed E-state index contributed by atoms with van der Waals surface area (Å²) in [5.41, 5.74) is 0. The molecule has 1 aliphatic rings. The molecule has 1 aromatic rings. The molecule has 1 aliphatic heterocycles. The number of aliphatic hydroxyl groups is 1. The first kappa shape index (κ1) is 9.46. The zero-order chi connectivity index (χ0) is 9.26. The third-order valence-corrected chi connectivity index (χ3v) is 3.51. The summed E-state index contributed by atoms with van der Waals surface area (Å²) >= 11 is 7.38. The molecule has 0 bridgehead atoms. The Bertz CT molecular complexity index is 287. The molecular formula is C9H11ClO2S. The zero-order valence-corrected chi connectivity index (χ0v) is 8.64. The van der Waals surface area contributed by atoms with Crippen molar-refractivity contribution in [2.45, 2.75) is 12.5 Å². The highest BCUT2D eigenvalue weighted by atomic mass is 35.5. The zero-order valence-electron chi connectivity index (χ0n) is 7.07. The summed E-state index contributed by atoms with van der Waals surface area (Å²) in [4.78, 5) is 1.22. The van der Waals surface area contributed by atoms with Gasteiger partial charge in [-0.2, -0.15) is 0 Å². The largest absolute Gasteiger partial charge is 0.390 e. The van der Waals surface area contributed by atoms with Crippen molar-refractivity contribution >= 4 is 22.9 Å². The lowest BCUT2D eigenvalue weighted by atomic mass is 10.0. The Morgan fingerprint density at radius 1 is 1.54 bits per heavy atom. The molecule has 72 valence electrons. The van der Waals surface area contributed by atoms with Gasteiger partial charge in [-0.1, -0.05) is 11.6 Å². The van der Waals surface area contributed by atoms with Gasteiger partial charge in [0.2, 0.25) is 0 Å². The van der Waals surface area contributed by atoms with Crippen molar-refractivity contribution in [3.8, 4) is 0 Å². The summed E-state index contributed by atoms with van der Waals surface area (Å²) in [7, 11) is 0. The van der Waals surface area contributed by atoms with Crippen molar-refractivity contribution < 1.29 is 9.84 Å². The molecule has 2 rings (SSSR count). The molecule has 2 atom stereocenters. The van der Waals surface area contributed by atoms with E-state index >= 15 is 0 Å². The van der Waals surface area contributed by atoms with E-state index in [9.17, 15) is 5.11 Å². The van der Waals surface area contributed by atoms with Crippen molar-refractivity contribution in [3.63, 3.8) is 0 Å².